The quantitative estimate of drug-likeness (QED) is 0.641. The molecule has 0 rings (SSSR count). The highest BCUT2D eigenvalue weighted by Crippen LogP contribution is 1.97. The molecule has 0 aromatic heterocycles. The van der Waals surface area contributed by atoms with Crippen LogP contribution in [-0.4, -0.2) is 24.0 Å². The summed E-state index contributed by atoms with van der Waals surface area (Å²) in [6.45, 7) is 19.4. The van der Waals surface area contributed by atoms with Crippen molar-refractivity contribution >= 4 is 0 Å². The SMILES string of the molecule is CC.CC.CCCN(CC)C(C)C. The molecule has 1 heteroatoms. The van der Waals surface area contributed by atoms with Crippen molar-refractivity contribution in [1.82, 2.24) is 4.90 Å². The summed E-state index contributed by atoms with van der Waals surface area (Å²) < 4.78 is 0. The summed E-state index contributed by atoms with van der Waals surface area (Å²) in [5, 5.41) is 0. The fraction of sp³-hybridized carbons (Fsp3) is 1.00. The van der Waals surface area contributed by atoms with Crippen molar-refractivity contribution in [3.63, 3.8) is 0 Å². The third-order valence-corrected chi connectivity index (χ3v) is 1.65. The fourth-order valence-electron chi connectivity index (χ4n) is 1.07. The van der Waals surface area contributed by atoms with Gasteiger partial charge >= 0.3 is 0 Å². The molecule has 0 saturated heterocycles. The molecule has 0 aromatic rings. The van der Waals surface area contributed by atoms with Gasteiger partial charge in [0.2, 0.25) is 0 Å². The van der Waals surface area contributed by atoms with Crippen molar-refractivity contribution in [3.05, 3.63) is 0 Å². The van der Waals surface area contributed by atoms with E-state index < -0.39 is 0 Å². The monoisotopic (exact) mass is 189 g/mol. The van der Waals surface area contributed by atoms with E-state index in [1.807, 2.05) is 27.7 Å². The summed E-state index contributed by atoms with van der Waals surface area (Å²) in [7, 11) is 0. The van der Waals surface area contributed by atoms with Gasteiger partial charge in [0.25, 0.3) is 0 Å². The topological polar surface area (TPSA) is 3.24 Å². The van der Waals surface area contributed by atoms with Crippen LogP contribution in [0.5, 0.6) is 0 Å². The summed E-state index contributed by atoms with van der Waals surface area (Å²) in [4.78, 5) is 2.47. The first-order valence-electron chi connectivity index (χ1n) is 5.96. The zero-order valence-electron chi connectivity index (χ0n) is 11.1. The zero-order chi connectivity index (χ0) is 11.3. The number of nitrogens with zero attached hydrogens (tertiary/aromatic N) is 1. The zero-order valence-corrected chi connectivity index (χ0v) is 11.1. The van der Waals surface area contributed by atoms with Crippen LogP contribution in [0.4, 0.5) is 0 Å². The van der Waals surface area contributed by atoms with E-state index in [0.29, 0.717) is 0 Å². The molecule has 84 valence electrons. The number of hydrogen-bond acceptors (Lipinski definition) is 1. The molecule has 0 aliphatic heterocycles. The van der Waals surface area contributed by atoms with Gasteiger partial charge in [-0.15, -0.1) is 0 Å². The molecule has 0 aromatic carbocycles. The summed E-state index contributed by atoms with van der Waals surface area (Å²) in [6, 6.07) is 0.718. The highest BCUT2D eigenvalue weighted by Gasteiger charge is 2.02. The summed E-state index contributed by atoms with van der Waals surface area (Å²) in [6.07, 6.45) is 1.27. The summed E-state index contributed by atoms with van der Waals surface area (Å²) in [5.41, 5.74) is 0. The van der Waals surface area contributed by atoms with Gasteiger partial charge in [-0.3, -0.25) is 0 Å². The Bertz CT molecular complexity index is 60.1. The van der Waals surface area contributed by atoms with Gasteiger partial charge in [0.15, 0.2) is 0 Å². The Kier molecular flexibility index (Phi) is 25.7. The molecule has 13 heavy (non-hydrogen) atoms. The van der Waals surface area contributed by atoms with Gasteiger partial charge in [0.05, 0.1) is 0 Å². The molecule has 0 fully saturated rings. The maximum absolute atomic E-state index is 2.47. The van der Waals surface area contributed by atoms with Crippen molar-refractivity contribution in [3.8, 4) is 0 Å². The highest BCUT2D eigenvalue weighted by molar-refractivity contribution is 4.58. The van der Waals surface area contributed by atoms with Crippen molar-refractivity contribution < 1.29 is 0 Å². The van der Waals surface area contributed by atoms with Gasteiger partial charge in [-0.1, -0.05) is 41.5 Å². The van der Waals surface area contributed by atoms with E-state index in [9.17, 15) is 0 Å². The summed E-state index contributed by atoms with van der Waals surface area (Å²) >= 11 is 0. The average molecular weight is 189 g/mol. The van der Waals surface area contributed by atoms with Crippen LogP contribution in [0.2, 0.25) is 0 Å². The molecule has 0 N–H and O–H groups in total. The Hall–Kier alpha value is -0.0400. The van der Waals surface area contributed by atoms with E-state index in [0.717, 1.165) is 6.04 Å². The molecule has 0 amide bonds. The highest BCUT2D eigenvalue weighted by atomic mass is 15.1. The maximum atomic E-state index is 2.47. The molecule has 0 heterocycles. The van der Waals surface area contributed by atoms with Crippen molar-refractivity contribution in [2.24, 2.45) is 0 Å². The lowest BCUT2D eigenvalue weighted by Crippen LogP contribution is -2.31. The second kappa shape index (κ2) is 17.9. The first-order chi connectivity index (χ1) is 6.22. The predicted molar refractivity (Wildman–Crippen MR) is 65.4 cm³/mol. The van der Waals surface area contributed by atoms with Crippen molar-refractivity contribution in [2.75, 3.05) is 13.1 Å². The Labute approximate surface area is 86.5 Å². The first kappa shape index (κ1) is 18.7. The lowest BCUT2D eigenvalue weighted by atomic mass is 10.3. The largest absolute Gasteiger partial charge is 0.301 e. The second-order valence-corrected chi connectivity index (χ2v) is 2.72. The Morgan fingerprint density at radius 1 is 0.923 bits per heavy atom. The van der Waals surface area contributed by atoms with Gasteiger partial charge in [-0.25, -0.2) is 0 Å². The number of hydrogen-bond donors (Lipinski definition) is 0. The van der Waals surface area contributed by atoms with E-state index in [-0.39, 0.29) is 0 Å². The van der Waals surface area contributed by atoms with Crippen LogP contribution in [0.15, 0.2) is 0 Å². The third-order valence-electron chi connectivity index (χ3n) is 1.65. The van der Waals surface area contributed by atoms with Crippen molar-refractivity contribution in [2.45, 2.75) is 67.9 Å². The molecule has 0 radical (unpaired) electrons. The van der Waals surface area contributed by atoms with Crippen LogP contribution in [-0.2, 0) is 0 Å². The van der Waals surface area contributed by atoms with Gasteiger partial charge in [-0.2, -0.15) is 0 Å². The van der Waals surface area contributed by atoms with Crippen LogP contribution in [0.1, 0.15) is 61.8 Å². The molecular formula is C12H31N. The molecule has 0 unspecified atom stereocenters. The normalized spacial score (nSPS) is 8.77. The van der Waals surface area contributed by atoms with E-state index in [1.165, 1.54) is 19.5 Å². The smallest absolute Gasteiger partial charge is 0.00384 e. The number of rotatable bonds is 4. The molecule has 0 aliphatic rings. The predicted octanol–water partition coefficient (Wildman–Crippen LogP) is 4.18. The minimum absolute atomic E-state index is 0.718. The first-order valence-corrected chi connectivity index (χ1v) is 5.96. The lowest BCUT2D eigenvalue weighted by molar-refractivity contribution is 0.234. The van der Waals surface area contributed by atoms with E-state index in [4.69, 9.17) is 0 Å². The van der Waals surface area contributed by atoms with Gasteiger partial charge in [0.1, 0.15) is 0 Å². The second-order valence-electron chi connectivity index (χ2n) is 2.72. The van der Waals surface area contributed by atoms with Crippen LogP contribution >= 0.6 is 0 Å². The lowest BCUT2D eigenvalue weighted by Gasteiger charge is -2.23. The Morgan fingerprint density at radius 2 is 1.31 bits per heavy atom. The van der Waals surface area contributed by atoms with E-state index >= 15 is 0 Å². The molecule has 0 bridgehead atoms. The molecule has 0 aliphatic carbocycles. The van der Waals surface area contributed by atoms with Crippen LogP contribution in [0.3, 0.4) is 0 Å². The van der Waals surface area contributed by atoms with E-state index in [2.05, 4.69) is 32.6 Å². The Balaban J connectivity index is -0.000000218. The standard InChI is InChI=1S/C8H19N.2C2H6/c1-5-7-9(6-2)8(3)4;2*1-2/h8H,5-7H2,1-4H3;2*1-2H3. The third kappa shape index (κ3) is 14.8. The molecule has 0 saturated carbocycles. The van der Waals surface area contributed by atoms with Gasteiger partial charge < -0.3 is 4.90 Å². The van der Waals surface area contributed by atoms with E-state index in [1.54, 1.807) is 0 Å². The maximum Gasteiger partial charge on any atom is 0.00384 e. The van der Waals surface area contributed by atoms with Gasteiger partial charge in [0, 0.05) is 6.04 Å². The molecule has 0 spiro atoms. The van der Waals surface area contributed by atoms with Crippen LogP contribution < -0.4 is 0 Å². The minimum atomic E-state index is 0.718. The fourth-order valence-corrected chi connectivity index (χ4v) is 1.07. The molecular weight excluding hydrogens is 158 g/mol. The molecule has 0 atom stereocenters. The molecule has 1 nitrogen and oxygen atoms in total. The average Bonchev–Trinajstić information content (AvgIpc) is 2.20. The minimum Gasteiger partial charge on any atom is -0.301 e. The Morgan fingerprint density at radius 3 is 1.38 bits per heavy atom. The van der Waals surface area contributed by atoms with Crippen molar-refractivity contribution in [1.29, 1.82) is 0 Å². The summed E-state index contributed by atoms with van der Waals surface area (Å²) in [5.74, 6) is 0. The van der Waals surface area contributed by atoms with Crippen LogP contribution in [0.25, 0.3) is 0 Å². The van der Waals surface area contributed by atoms with Gasteiger partial charge in [-0.05, 0) is 33.4 Å². The van der Waals surface area contributed by atoms with Crippen LogP contribution in [0, 0.1) is 0 Å².